The van der Waals surface area contributed by atoms with Crippen molar-refractivity contribution in [1.29, 1.82) is 0 Å². The summed E-state index contributed by atoms with van der Waals surface area (Å²) >= 11 is 5.97. The molecule has 0 saturated heterocycles. The van der Waals surface area contributed by atoms with Gasteiger partial charge in [0.15, 0.2) is 6.10 Å². The molecule has 0 saturated carbocycles. The van der Waals surface area contributed by atoms with Crippen molar-refractivity contribution in [3.8, 4) is 5.75 Å². The number of rotatable bonds is 6. The molecule has 1 amide bonds. The predicted molar refractivity (Wildman–Crippen MR) is 144 cm³/mol. The Balaban J connectivity index is 1.47. The number of amides is 1. The molecule has 0 aliphatic carbocycles. The van der Waals surface area contributed by atoms with Crippen molar-refractivity contribution in [2.24, 2.45) is 0 Å². The van der Waals surface area contributed by atoms with E-state index in [4.69, 9.17) is 16.3 Å². The smallest absolute Gasteiger partial charge is 0.264 e. The first kappa shape index (κ1) is 24.9. The summed E-state index contributed by atoms with van der Waals surface area (Å²) in [6.07, 6.45) is -1.06. The number of para-hydroxylation sites is 2. The molecular weight excluding hydrogens is 508 g/mol. The minimum absolute atomic E-state index is 0.0783. The molecule has 5 rings (SSSR count). The second-order valence-electron chi connectivity index (χ2n) is 8.83. The van der Waals surface area contributed by atoms with Crippen molar-refractivity contribution in [3.05, 3.63) is 125 Å². The lowest BCUT2D eigenvalue weighted by Gasteiger charge is -2.35. The van der Waals surface area contributed by atoms with E-state index in [0.29, 0.717) is 16.5 Å². The summed E-state index contributed by atoms with van der Waals surface area (Å²) in [5.74, 6) is -0.0988. The van der Waals surface area contributed by atoms with Crippen LogP contribution in [0.3, 0.4) is 0 Å². The van der Waals surface area contributed by atoms with Crippen LogP contribution in [0.15, 0.2) is 108 Å². The van der Waals surface area contributed by atoms with Crippen LogP contribution in [-0.2, 0) is 14.8 Å². The number of nitrogens with zero attached hydrogens (tertiary/aromatic N) is 1. The Bertz CT molecular complexity index is 1510. The molecule has 2 atom stereocenters. The van der Waals surface area contributed by atoms with Gasteiger partial charge in [0.05, 0.1) is 23.2 Å². The molecule has 37 heavy (non-hydrogen) atoms. The Morgan fingerprint density at radius 1 is 0.892 bits per heavy atom. The van der Waals surface area contributed by atoms with Crippen LogP contribution in [0.25, 0.3) is 0 Å². The first-order chi connectivity index (χ1) is 17.8. The van der Waals surface area contributed by atoms with Gasteiger partial charge in [-0.1, -0.05) is 83.9 Å². The Labute approximate surface area is 221 Å². The molecular formula is C29H25ClN2O4S. The fourth-order valence-corrected chi connectivity index (χ4v) is 5.90. The van der Waals surface area contributed by atoms with Crippen LogP contribution in [0.5, 0.6) is 5.75 Å². The maximum absolute atomic E-state index is 13.6. The molecule has 4 aromatic rings. The quantitative estimate of drug-likeness (QED) is 0.355. The second-order valence-corrected chi connectivity index (χ2v) is 11.1. The van der Waals surface area contributed by atoms with Crippen molar-refractivity contribution in [3.63, 3.8) is 0 Å². The monoisotopic (exact) mass is 532 g/mol. The van der Waals surface area contributed by atoms with Gasteiger partial charge in [0.25, 0.3) is 15.9 Å². The number of anilines is 1. The summed E-state index contributed by atoms with van der Waals surface area (Å²) in [4.78, 5) is 13.7. The van der Waals surface area contributed by atoms with E-state index in [1.807, 2.05) is 61.5 Å². The minimum atomic E-state index is -3.98. The van der Waals surface area contributed by atoms with Crippen LogP contribution in [0.1, 0.15) is 22.7 Å². The maximum Gasteiger partial charge on any atom is 0.264 e. The molecule has 1 N–H and O–H groups in total. The first-order valence-corrected chi connectivity index (χ1v) is 13.6. The molecule has 0 radical (unpaired) electrons. The molecule has 1 heterocycles. The van der Waals surface area contributed by atoms with Gasteiger partial charge >= 0.3 is 0 Å². The highest BCUT2D eigenvalue weighted by Gasteiger charge is 2.38. The number of ether oxygens (including phenoxy) is 1. The predicted octanol–water partition coefficient (Wildman–Crippen LogP) is 5.51. The van der Waals surface area contributed by atoms with Gasteiger partial charge < -0.3 is 10.1 Å². The van der Waals surface area contributed by atoms with E-state index in [9.17, 15) is 13.2 Å². The Hall–Kier alpha value is -3.81. The molecule has 0 aromatic heterocycles. The number of carbonyl (C=O) groups is 1. The van der Waals surface area contributed by atoms with Crippen LogP contribution in [0.2, 0.25) is 5.02 Å². The lowest BCUT2D eigenvalue weighted by Crippen LogP contribution is -2.51. The van der Waals surface area contributed by atoms with Gasteiger partial charge in [-0.05, 0) is 54.4 Å². The van der Waals surface area contributed by atoms with Gasteiger partial charge in [0.1, 0.15) is 5.75 Å². The Morgan fingerprint density at radius 2 is 1.51 bits per heavy atom. The lowest BCUT2D eigenvalue weighted by molar-refractivity contribution is -0.128. The Morgan fingerprint density at radius 3 is 2.22 bits per heavy atom. The van der Waals surface area contributed by atoms with Crippen molar-refractivity contribution in [1.82, 2.24) is 5.32 Å². The number of sulfonamides is 1. The molecule has 0 spiro atoms. The van der Waals surface area contributed by atoms with Gasteiger partial charge in [-0.3, -0.25) is 9.10 Å². The van der Waals surface area contributed by atoms with E-state index in [0.717, 1.165) is 16.7 Å². The minimum Gasteiger partial charge on any atom is -0.476 e. The molecule has 1 aliphatic rings. The highest BCUT2D eigenvalue weighted by atomic mass is 35.5. The summed E-state index contributed by atoms with van der Waals surface area (Å²) < 4.78 is 34.5. The van der Waals surface area contributed by atoms with E-state index < -0.39 is 28.1 Å². The van der Waals surface area contributed by atoms with Gasteiger partial charge in [0, 0.05) is 5.02 Å². The average molecular weight is 533 g/mol. The molecule has 1 aliphatic heterocycles. The number of nitrogens with one attached hydrogen (secondary N) is 1. The second kappa shape index (κ2) is 10.3. The Kier molecular flexibility index (Phi) is 6.91. The summed E-state index contributed by atoms with van der Waals surface area (Å²) in [5, 5.41) is 3.52. The first-order valence-electron chi connectivity index (χ1n) is 11.8. The van der Waals surface area contributed by atoms with Gasteiger partial charge in [0.2, 0.25) is 0 Å². The SMILES string of the molecule is Cc1ccc(C(NC(=O)C2CN(S(=O)(=O)c3ccc(Cl)cc3)c3ccccc3O2)c2ccccc2)cc1. The highest BCUT2D eigenvalue weighted by molar-refractivity contribution is 7.92. The lowest BCUT2D eigenvalue weighted by atomic mass is 9.97. The topological polar surface area (TPSA) is 75.7 Å². The molecule has 0 bridgehead atoms. The summed E-state index contributed by atoms with van der Waals surface area (Å²) in [5.41, 5.74) is 3.30. The van der Waals surface area contributed by atoms with E-state index in [2.05, 4.69) is 5.32 Å². The summed E-state index contributed by atoms with van der Waals surface area (Å²) in [6.45, 7) is 1.83. The molecule has 4 aromatic carbocycles. The zero-order valence-electron chi connectivity index (χ0n) is 20.0. The van der Waals surface area contributed by atoms with Crippen molar-refractivity contribution in [2.75, 3.05) is 10.8 Å². The largest absolute Gasteiger partial charge is 0.476 e. The highest BCUT2D eigenvalue weighted by Crippen LogP contribution is 2.37. The van der Waals surface area contributed by atoms with Crippen molar-refractivity contribution < 1.29 is 17.9 Å². The van der Waals surface area contributed by atoms with Crippen LogP contribution >= 0.6 is 11.6 Å². The van der Waals surface area contributed by atoms with Gasteiger partial charge in [-0.25, -0.2) is 8.42 Å². The van der Waals surface area contributed by atoms with E-state index in [-0.39, 0.29) is 11.4 Å². The zero-order chi connectivity index (χ0) is 26.0. The van der Waals surface area contributed by atoms with Crippen LogP contribution in [-0.4, -0.2) is 27.0 Å². The summed E-state index contributed by atoms with van der Waals surface area (Å²) in [6, 6.07) is 29.9. The fourth-order valence-electron chi connectivity index (χ4n) is 4.30. The molecule has 2 unspecified atom stereocenters. The third kappa shape index (κ3) is 5.19. The van der Waals surface area contributed by atoms with Crippen LogP contribution < -0.4 is 14.4 Å². The number of hydrogen-bond donors (Lipinski definition) is 1. The summed E-state index contributed by atoms with van der Waals surface area (Å²) in [7, 11) is -3.98. The number of fused-ring (bicyclic) bond motifs is 1. The zero-order valence-corrected chi connectivity index (χ0v) is 21.6. The third-order valence-corrected chi connectivity index (χ3v) is 8.30. The van der Waals surface area contributed by atoms with E-state index in [1.165, 1.54) is 28.6 Å². The number of benzene rings is 4. The number of halogens is 1. The average Bonchev–Trinajstić information content (AvgIpc) is 2.92. The van der Waals surface area contributed by atoms with Gasteiger partial charge in [-0.2, -0.15) is 0 Å². The van der Waals surface area contributed by atoms with E-state index >= 15 is 0 Å². The standard InChI is InChI=1S/C29H25ClN2O4S/c1-20-11-13-22(14-12-20)28(21-7-3-2-4-8-21)31-29(33)27-19-32(25-9-5-6-10-26(25)36-27)37(34,35)24-17-15-23(30)16-18-24/h2-18,27-28H,19H2,1H3,(H,31,33). The van der Waals surface area contributed by atoms with Gasteiger partial charge in [-0.15, -0.1) is 0 Å². The number of aryl methyl sites for hydroxylation is 1. The van der Waals surface area contributed by atoms with Crippen LogP contribution in [0, 0.1) is 6.92 Å². The maximum atomic E-state index is 13.6. The van der Waals surface area contributed by atoms with Crippen molar-refractivity contribution in [2.45, 2.75) is 24.0 Å². The third-order valence-electron chi connectivity index (χ3n) is 6.26. The number of carbonyl (C=O) groups excluding carboxylic acids is 1. The molecule has 0 fully saturated rings. The molecule has 8 heteroatoms. The van der Waals surface area contributed by atoms with Crippen molar-refractivity contribution >= 4 is 33.2 Å². The fraction of sp³-hybridized carbons (Fsp3) is 0.138. The normalized spacial score (nSPS) is 15.8. The molecule has 188 valence electrons. The molecule has 6 nitrogen and oxygen atoms in total. The van der Waals surface area contributed by atoms with Crippen LogP contribution in [0.4, 0.5) is 5.69 Å². The number of hydrogen-bond acceptors (Lipinski definition) is 4. The van der Waals surface area contributed by atoms with E-state index in [1.54, 1.807) is 24.3 Å².